The lowest BCUT2D eigenvalue weighted by atomic mass is 9.93. The fourth-order valence-electron chi connectivity index (χ4n) is 3.62. The van der Waals surface area contributed by atoms with Gasteiger partial charge in [-0.05, 0) is 25.0 Å². The van der Waals surface area contributed by atoms with Crippen LogP contribution in [0, 0.1) is 0 Å². The van der Waals surface area contributed by atoms with E-state index in [1.54, 1.807) is 17.0 Å². The number of carbonyl (C=O) groups is 2. The van der Waals surface area contributed by atoms with E-state index in [-0.39, 0.29) is 23.1 Å². The molecule has 8 nitrogen and oxygen atoms in total. The molecule has 2 amide bonds. The van der Waals surface area contributed by atoms with Crippen molar-refractivity contribution in [3.63, 3.8) is 0 Å². The molecule has 0 radical (unpaired) electrons. The van der Waals surface area contributed by atoms with Gasteiger partial charge in [-0.25, -0.2) is 0 Å². The number of aromatic nitrogens is 3. The summed E-state index contributed by atoms with van der Waals surface area (Å²) in [5.74, 6) is -0.518. The van der Waals surface area contributed by atoms with Crippen LogP contribution in [-0.4, -0.2) is 45.0 Å². The first-order chi connectivity index (χ1) is 13.0. The summed E-state index contributed by atoms with van der Waals surface area (Å²) in [6.07, 6.45) is 1.49. The Balaban J connectivity index is 1.52. The maximum Gasteiger partial charge on any atom is 0.269 e. The summed E-state index contributed by atoms with van der Waals surface area (Å²) in [6, 6.07) is 10.3. The van der Waals surface area contributed by atoms with Crippen LogP contribution in [0.1, 0.15) is 45.3 Å². The molecule has 1 saturated heterocycles. The Morgan fingerprint density at radius 3 is 2.59 bits per heavy atom. The second kappa shape index (κ2) is 6.71. The van der Waals surface area contributed by atoms with E-state index in [1.807, 2.05) is 18.2 Å². The Bertz CT molecular complexity index is 1080. The van der Waals surface area contributed by atoms with Crippen molar-refractivity contribution in [3.8, 4) is 0 Å². The van der Waals surface area contributed by atoms with Gasteiger partial charge in [0, 0.05) is 41.7 Å². The number of hydrogen-bond donors (Lipinski definition) is 3. The van der Waals surface area contributed by atoms with Gasteiger partial charge < -0.3 is 15.6 Å². The van der Waals surface area contributed by atoms with E-state index in [1.165, 1.54) is 6.07 Å². The van der Waals surface area contributed by atoms with E-state index in [2.05, 4.69) is 15.2 Å². The van der Waals surface area contributed by atoms with Crippen LogP contribution in [0.15, 0.2) is 41.2 Å². The number of rotatable bonds is 3. The van der Waals surface area contributed by atoms with Gasteiger partial charge in [0.05, 0.1) is 5.56 Å². The molecule has 1 fully saturated rings. The molecule has 8 heteroatoms. The van der Waals surface area contributed by atoms with E-state index < -0.39 is 5.91 Å². The third-order valence-electron chi connectivity index (χ3n) is 5.05. The summed E-state index contributed by atoms with van der Waals surface area (Å²) in [5.41, 5.74) is 7.10. The Morgan fingerprint density at radius 1 is 1.15 bits per heavy atom. The number of H-pyrrole nitrogens is 2. The second-order valence-corrected chi connectivity index (χ2v) is 6.73. The van der Waals surface area contributed by atoms with Gasteiger partial charge in [-0.2, -0.15) is 5.10 Å². The fraction of sp³-hybridized carbons (Fsp3) is 0.263. The fourth-order valence-corrected chi connectivity index (χ4v) is 3.62. The van der Waals surface area contributed by atoms with Crippen LogP contribution >= 0.6 is 0 Å². The van der Waals surface area contributed by atoms with Gasteiger partial charge in [-0.3, -0.25) is 19.5 Å². The highest BCUT2D eigenvalue weighted by Gasteiger charge is 2.27. The minimum Gasteiger partial charge on any atom is -0.364 e. The molecule has 4 rings (SSSR count). The molecule has 1 aromatic carbocycles. The highest BCUT2D eigenvalue weighted by Crippen LogP contribution is 2.28. The Hall–Kier alpha value is -3.42. The molecule has 3 heterocycles. The van der Waals surface area contributed by atoms with Crippen LogP contribution < -0.4 is 11.3 Å². The molecule has 138 valence electrons. The van der Waals surface area contributed by atoms with E-state index in [9.17, 15) is 14.4 Å². The Morgan fingerprint density at radius 2 is 1.89 bits per heavy atom. The Kier molecular flexibility index (Phi) is 4.23. The Labute approximate surface area is 154 Å². The highest BCUT2D eigenvalue weighted by atomic mass is 16.2. The number of amides is 2. The van der Waals surface area contributed by atoms with Crippen molar-refractivity contribution >= 4 is 22.7 Å². The minimum absolute atomic E-state index is 0.141. The molecule has 3 aromatic rings. The van der Waals surface area contributed by atoms with Crippen molar-refractivity contribution in [3.05, 3.63) is 63.7 Å². The highest BCUT2D eigenvalue weighted by molar-refractivity contribution is 6.06. The lowest BCUT2D eigenvalue weighted by molar-refractivity contribution is 0.0713. The van der Waals surface area contributed by atoms with Gasteiger partial charge in [-0.1, -0.05) is 18.2 Å². The number of fused-ring (bicyclic) bond motifs is 1. The first kappa shape index (κ1) is 17.0. The maximum absolute atomic E-state index is 13.0. The lowest BCUT2D eigenvalue weighted by Crippen LogP contribution is -2.38. The number of nitrogens with two attached hydrogens (primary N) is 1. The zero-order valence-electron chi connectivity index (χ0n) is 14.6. The van der Waals surface area contributed by atoms with Gasteiger partial charge in [0.1, 0.15) is 5.69 Å². The SMILES string of the molecule is NC(=O)c1cc(C2CCN(C(=O)c3cc(=O)[nH]c4ccccc34)CC2)[nH]n1. The smallest absolute Gasteiger partial charge is 0.269 e. The molecule has 0 spiro atoms. The predicted molar refractivity (Wildman–Crippen MR) is 99.6 cm³/mol. The number of primary amides is 1. The van der Waals surface area contributed by atoms with Gasteiger partial charge in [0.25, 0.3) is 11.8 Å². The molecule has 0 unspecified atom stereocenters. The number of nitrogens with zero attached hydrogens (tertiary/aromatic N) is 2. The number of likely N-dealkylation sites (tertiary alicyclic amines) is 1. The molecule has 2 aromatic heterocycles. The summed E-state index contributed by atoms with van der Waals surface area (Å²) in [6.45, 7) is 1.13. The molecule has 4 N–H and O–H groups in total. The molecule has 0 bridgehead atoms. The molecule has 1 aliphatic rings. The van der Waals surface area contributed by atoms with Crippen LogP contribution in [0.3, 0.4) is 0 Å². The number of aromatic amines is 2. The zero-order chi connectivity index (χ0) is 19.0. The van der Waals surface area contributed by atoms with Gasteiger partial charge in [0.2, 0.25) is 5.56 Å². The molecule has 0 aliphatic carbocycles. The van der Waals surface area contributed by atoms with Crippen LogP contribution in [0.4, 0.5) is 0 Å². The minimum atomic E-state index is -0.564. The van der Waals surface area contributed by atoms with Crippen LogP contribution in [-0.2, 0) is 0 Å². The lowest BCUT2D eigenvalue weighted by Gasteiger charge is -2.31. The maximum atomic E-state index is 13.0. The largest absolute Gasteiger partial charge is 0.364 e. The average Bonchev–Trinajstić information content (AvgIpc) is 3.17. The summed E-state index contributed by atoms with van der Waals surface area (Å²) in [5, 5.41) is 7.52. The predicted octanol–water partition coefficient (Wildman–Crippen LogP) is 1.37. The van der Waals surface area contributed by atoms with E-state index >= 15 is 0 Å². The van der Waals surface area contributed by atoms with E-state index in [0.717, 1.165) is 23.9 Å². The molecule has 27 heavy (non-hydrogen) atoms. The van der Waals surface area contributed by atoms with Crippen molar-refractivity contribution in [2.45, 2.75) is 18.8 Å². The molecule has 1 aliphatic heterocycles. The summed E-state index contributed by atoms with van der Waals surface area (Å²) in [7, 11) is 0. The van der Waals surface area contributed by atoms with Gasteiger partial charge in [0.15, 0.2) is 0 Å². The van der Waals surface area contributed by atoms with E-state index in [4.69, 9.17) is 5.73 Å². The number of carbonyl (C=O) groups excluding carboxylic acids is 2. The average molecular weight is 365 g/mol. The summed E-state index contributed by atoms with van der Waals surface area (Å²) in [4.78, 5) is 40.6. The quantitative estimate of drug-likeness (QED) is 0.648. The summed E-state index contributed by atoms with van der Waals surface area (Å²) < 4.78 is 0. The van der Waals surface area contributed by atoms with Gasteiger partial charge >= 0.3 is 0 Å². The van der Waals surface area contributed by atoms with Crippen LogP contribution in [0.25, 0.3) is 10.9 Å². The number of benzene rings is 1. The van der Waals surface area contributed by atoms with Crippen molar-refractivity contribution in [1.82, 2.24) is 20.1 Å². The molecular weight excluding hydrogens is 346 g/mol. The zero-order valence-corrected chi connectivity index (χ0v) is 14.6. The third kappa shape index (κ3) is 3.21. The first-order valence-corrected chi connectivity index (χ1v) is 8.79. The number of piperidine rings is 1. The third-order valence-corrected chi connectivity index (χ3v) is 5.05. The number of pyridine rings is 1. The second-order valence-electron chi connectivity index (χ2n) is 6.73. The van der Waals surface area contributed by atoms with Gasteiger partial charge in [-0.15, -0.1) is 0 Å². The number of hydrogen-bond acceptors (Lipinski definition) is 4. The summed E-state index contributed by atoms with van der Waals surface area (Å²) >= 11 is 0. The standard InChI is InChI=1S/C19H19N5O3/c20-18(26)16-10-15(22-23-16)11-5-7-24(8-6-11)19(27)13-9-17(25)21-14-4-2-1-3-12(13)14/h1-4,9-11H,5-8H2,(H2,20,26)(H,21,25)(H,22,23). The van der Waals surface area contributed by atoms with E-state index in [0.29, 0.717) is 24.2 Å². The van der Waals surface area contributed by atoms with Crippen LogP contribution in [0.2, 0.25) is 0 Å². The molecular formula is C19H19N5O3. The van der Waals surface area contributed by atoms with Crippen molar-refractivity contribution < 1.29 is 9.59 Å². The van der Waals surface area contributed by atoms with Crippen molar-refractivity contribution in [2.24, 2.45) is 5.73 Å². The topological polar surface area (TPSA) is 125 Å². The van der Waals surface area contributed by atoms with Crippen molar-refractivity contribution in [1.29, 1.82) is 0 Å². The molecule has 0 atom stereocenters. The number of para-hydroxylation sites is 1. The monoisotopic (exact) mass is 365 g/mol. The number of nitrogens with one attached hydrogen (secondary N) is 2. The normalized spacial score (nSPS) is 15.2. The first-order valence-electron chi connectivity index (χ1n) is 8.79. The van der Waals surface area contributed by atoms with Crippen molar-refractivity contribution in [2.75, 3.05) is 13.1 Å². The molecule has 0 saturated carbocycles. The van der Waals surface area contributed by atoms with Crippen LogP contribution in [0.5, 0.6) is 0 Å².